The number of rotatable bonds is 1. The largest absolute Gasteiger partial charge is 0.265 e. The molecule has 0 N–H and O–H groups in total. The molecule has 0 aliphatic heterocycles. The van der Waals surface area contributed by atoms with Gasteiger partial charge < -0.3 is 0 Å². The number of hydrogen-bond acceptors (Lipinski definition) is 0. The molecule has 0 nitrogen and oxygen atoms in total. The topological polar surface area (TPSA) is 0 Å². The van der Waals surface area contributed by atoms with Crippen molar-refractivity contribution in [3.05, 3.63) is 32.8 Å². The summed E-state index contributed by atoms with van der Waals surface area (Å²) in [5, 5.41) is 0.146. The highest BCUT2D eigenvalue weighted by Gasteiger charge is 2.13. The molecule has 0 radical (unpaired) electrons. The van der Waals surface area contributed by atoms with Crippen molar-refractivity contribution in [3.63, 3.8) is 0 Å². The van der Waals surface area contributed by atoms with Gasteiger partial charge in [0.2, 0.25) is 0 Å². The van der Waals surface area contributed by atoms with E-state index in [2.05, 4.69) is 15.9 Å². The third kappa shape index (κ3) is 1.96. The number of halogens is 4. The van der Waals surface area contributed by atoms with Gasteiger partial charge in [-0.15, -0.1) is 0 Å². The average Bonchev–Trinajstić information content (AvgIpc) is 1.96. The molecule has 0 amide bonds. The van der Waals surface area contributed by atoms with Gasteiger partial charge in [0.1, 0.15) is 0 Å². The van der Waals surface area contributed by atoms with E-state index >= 15 is 0 Å². The van der Waals surface area contributed by atoms with E-state index in [0.29, 0.717) is 10.0 Å². The zero-order valence-corrected chi connectivity index (χ0v) is 8.59. The average molecular weight is 255 g/mol. The Morgan fingerprint density at radius 2 is 2.00 bits per heavy atom. The van der Waals surface area contributed by atoms with Gasteiger partial charge in [0.15, 0.2) is 0 Å². The second-order valence-corrected chi connectivity index (χ2v) is 3.72. The minimum atomic E-state index is -2.52. The van der Waals surface area contributed by atoms with E-state index < -0.39 is 6.43 Å². The van der Waals surface area contributed by atoms with Crippen molar-refractivity contribution in [2.45, 2.75) is 13.3 Å². The molecule has 1 aromatic carbocycles. The highest BCUT2D eigenvalue weighted by atomic mass is 79.9. The number of alkyl halides is 2. The molecule has 0 fully saturated rings. The van der Waals surface area contributed by atoms with Crippen LogP contribution in [0, 0.1) is 6.92 Å². The lowest BCUT2D eigenvalue weighted by Crippen LogP contribution is -1.88. The van der Waals surface area contributed by atoms with Crippen LogP contribution in [0.1, 0.15) is 17.6 Å². The minimum Gasteiger partial charge on any atom is -0.205 e. The second kappa shape index (κ2) is 3.71. The Morgan fingerprint density at radius 1 is 1.42 bits per heavy atom. The van der Waals surface area contributed by atoms with Crippen LogP contribution in [0.15, 0.2) is 16.6 Å². The molecule has 0 heterocycles. The van der Waals surface area contributed by atoms with Crippen molar-refractivity contribution in [1.82, 2.24) is 0 Å². The predicted molar refractivity (Wildman–Crippen MR) is 48.8 cm³/mol. The number of hydrogen-bond donors (Lipinski definition) is 0. The molecule has 0 aliphatic carbocycles. The van der Waals surface area contributed by atoms with Gasteiger partial charge in [-0.05, 0) is 24.6 Å². The van der Waals surface area contributed by atoms with Crippen molar-refractivity contribution in [3.8, 4) is 0 Å². The smallest absolute Gasteiger partial charge is 0.205 e. The van der Waals surface area contributed by atoms with Crippen LogP contribution >= 0.6 is 27.5 Å². The molecule has 0 spiro atoms. The van der Waals surface area contributed by atoms with Crippen molar-refractivity contribution in [2.75, 3.05) is 0 Å². The summed E-state index contributed by atoms with van der Waals surface area (Å²) in [7, 11) is 0. The lowest BCUT2D eigenvalue weighted by atomic mass is 10.1. The summed E-state index contributed by atoms with van der Waals surface area (Å²) in [4.78, 5) is 0. The van der Waals surface area contributed by atoms with Crippen molar-refractivity contribution in [2.24, 2.45) is 0 Å². The molecule has 0 atom stereocenters. The molecule has 0 aromatic heterocycles. The lowest BCUT2D eigenvalue weighted by molar-refractivity contribution is 0.151. The van der Waals surface area contributed by atoms with Crippen molar-refractivity contribution < 1.29 is 8.78 Å². The first-order valence-electron chi connectivity index (χ1n) is 3.26. The zero-order chi connectivity index (χ0) is 9.30. The molecule has 12 heavy (non-hydrogen) atoms. The summed E-state index contributed by atoms with van der Waals surface area (Å²) in [6.07, 6.45) is -2.52. The first kappa shape index (κ1) is 9.93. The van der Waals surface area contributed by atoms with E-state index in [1.54, 1.807) is 13.0 Å². The highest BCUT2D eigenvalue weighted by Crippen LogP contribution is 2.32. The Labute approximate surface area is 82.7 Å². The van der Waals surface area contributed by atoms with E-state index in [4.69, 9.17) is 11.6 Å². The quantitative estimate of drug-likeness (QED) is 0.700. The highest BCUT2D eigenvalue weighted by molar-refractivity contribution is 9.10. The van der Waals surface area contributed by atoms with E-state index in [-0.39, 0.29) is 10.6 Å². The van der Waals surface area contributed by atoms with Gasteiger partial charge in [0, 0.05) is 10.0 Å². The SMILES string of the molecule is Cc1cc(Br)cc(C(F)F)c1Cl. The van der Waals surface area contributed by atoms with Gasteiger partial charge in [0.05, 0.1) is 5.02 Å². The molecule has 0 saturated heterocycles. The maximum atomic E-state index is 12.3. The Bertz CT molecular complexity index is 299. The molecule has 4 heteroatoms. The maximum Gasteiger partial charge on any atom is 0.265 e. The monoisotopic (exact) mass is 254 g/mol. The Morgan fingerprint density at radius 3 is 2.50 bits per heavy atom. The Balaban J connectivity index is 3.28. The van der Waals surface area contributed by atoms with Crippen LogP contribution in [0.2, 0.25) is 5.02 Å². The second-order valence-electron chi connectivity index (χ2n) is 2.43. The van der Waals surface area contributed by atoms with Crippen LogP contribution in [0.5, 0.6) is 0 Å². The molecular formula is C8H6BrClF2. The molecule has 66 valence electrons. The molecule has 0 saturated carbocycles. The molecule has 1 aromatic rings. The Kier molecular flexibility index (Phi) is 3.07. The summed E-state index contributed by atoms with van der Waals surface area (Å²) >= 11 is 8.78. The summed E-state index contributed by atoms with van der Waals surface area (Å²) in [5.41, 5.74) is 0.532. The third-order valence-corrected chi connectivity index (χ3v) is 2.46. The fraction of sp³-hybridized carbons (Fsp3) is 0.250. The van der Waals surface area contributed by atoms with Gasteiger partial charge in [-0.1, -0.05) is 27.5 Å². The fourth-order valence-corrected chi connectivity index (χ4v) is 1.69. The predicted octanol–water partition coefficient (Wildman–Crippen LogP) is 4.35. The first-order valence-corrected chi connectivity index (χ1v) is 4.43. The summed E-state index contributed by atoms with van der Waals surface area (Å²) in [5.74, 6) is 0. The lowest BCUT2D eigenvalue weighted by Gasteiger charge is -2.06. The van der Waals surface area contributed by atoms with Gasteiger partial charge >= 0.3 is 0 Å². The van der Waals surface area contributed by atoms with Gasteiger partial charge in [-0.25, -0.2) is 8.78 Å². The van der Waals surface area contributed by atoms with E-state index in [0.717, 1.165) is 0 Å². The van der Waals surface area contributed by atoms with Gasteiger partial charge in [0.25, 0.3) is 6.43 Å². The van der Waals surface area contributed by atoms with Crippen LogP contribution in [0.25, 0.3) is 0 Å². The van der Waals surface area contributed by atoms with Gasteiger partial charge in [-0.2, -0.15) is 0 Å². The molecule has 1 rings (SSSR count). The van der Waals surface area contributed by atoms with Crippen LogP contribution in [-0.4, -0.2) is 0 Å². The molecular weight excluding hydrogens is 249 g/mol. The molecule has 0 unspecified atom stereocenters. The normalized spacial score (nSPS) is 10.8. The first-order chi connectivity index (χ1) is 5.52. The van der Waals surface area contributed by atoms with E-state index in [9.17, 15) is 8.78 Å². The Hall–Kier alpha value is -0.150. The van der Waals surface area contributed by atoms with Crippen LogP contribution < -0.4 is 0 Å². The number of aryl methyl sites for hydroxylation is 1. The standard InChI is InChI=1S/C8H6BrClF2/c1-4-2-5(9)3-6(7(4)10)8(11)12/h2-3,8H,1H3. The zero-order valence-electron chi connectivity index (χ0n) is 6.24. The van der Waals surface area contributed by atoms with Gasteiger partial charge in [-0.3, -0.25) is 0 Å². The van der Waals surface area contributed by atoms with E-state index in [1.165, 1.54) is 6.07 Å². The van der Waals surface area contributed by atoms with Crippen LogP contribution in [0.4, 0.5) is 8.78 Å². The molecule has 0 bridgehead atoms. The van der Waals surface area contributed by atoms with Crippen molar-refractivity contribution in [1.29, 1.82) is 0 Å². The summed E-state index contributed by atoms with van der Waals surface area (Å²) in [6, 6.07) is 3.04. The fourth-order valence-electron chi connectivity index (χ4n) is 0.910. The van der Waals surface area contributed by atoms with Crippen LogP contribution in [0.3, 0.4) is 0 Å². The minimum absolute atomic E-state index is 0.122. The third-order valence-electron chi connectivity index (χ3n) is 1.48. The summed E-state index contributed by atoms with van der Waals surface area (Å²) < 4.78 is 25.2. The van der Waals surface area contributed by atoms with Crippen molar-refractivity contribution >= 4 is 27.5 Å². The van der Waals surface area contributed by atoms with Crippen LogP contribution in [-0.2, 0) is 0 Å². The summed E-state index contributed by atoms with van der Waals surface area (Å²) in [6.45, 7) is 1.69. The van der Waals surface area contributed by atoms with E-state index in [1.807, 2.05) is 0 Å². The molecule has 0 aliphatic rings. The maximum absolute atomic E-state index is 12.3. The number of benzene rings is 1.